The first-order valence-electron chi connectivity index (χ1n) is 8.25. The van der Waals surface area contributed by atoms with E-state index in [1.54, 1.807) is 30.2 Å². The first-order valence-corrected chi connectivity index (χ1v) is 9.82. The van der Waals surface area contributed by atoms with Crippen molar-refractivity contribution in [2.75, 3.05) is 39.2 Å². The standard InChI is InChI=1S/C19H19Cl2N3O2S.ClH/c1-23(2)8-9-24(18(25)14-6-4-12(20)10-15(14)21)19-22-16-7-5-13(26-3)11-17(16)27-19;/h4-7,10-11H,8-9H2,1-3H3;1H. The van der Waals surface area contributed by atoms with Crippen molar-refractivity contribution in [2.24, 2.45) is 0 Å². The average Bonchev–Trinajstić information content (AvgIpc) is 3.04. The maximum Gasteiger partial charge on any atom is 0.261 e. The van der Waals surface area contributed by atoms with E-state index in [1.165, 1.54) is 11.3 Å². The fourth-order valence-electron chi connectivity index (χ4n) is 2.53. The van der Waals surface area contributed by atoms with Gasteiger partial charge in [-0.2, -0.15) is 0 Å². The summed E-state index contributed by atoms with van der Waals surface area (Å²) in [5, 5.41) is 1.43. The molecule has 0 bridgehead atoms. The van der Waals surface area contributed by atoms with Crippen molar-refractivity contribution in [3.05, 3.63) is 52.0 Å². The van der Waals surface area contributed by atoms with Gasteiger partial charge in [-0.25, -0.2) is 4.98 Å². The van der Waals surface area contributed by atoms with Gasteiger partial charge >= 0.3 is 0 Å². The Bertz CT molecular complexity index is 978. The van der Waals surface area contributed by atoms with Gasteiger partial charge in [-0.15, -0.1) is 12.4 Å². The molecule has 5 nitrogen and oxygen atoms in total. The fraction of sp³-hybridized carbons (Fsp3) is 0.263. The number of carbonyl (C=O) groups is 1. The summed E-state index contributed by atoms with van der Waals surface area (Å²) in [5.74, 6) is 0.550. The zero-order valence-corrected chi connectivity index (χ0v) is 18.8. The number of hydrogen-bond acceptors (Lipinski definition) is 5. The lowest BCUT2D eigenvalue weighted by atomic mass is 10.2. The normalized spacial score (nSPS) is 10.8. The van der Waals surface area contributed by atoms with Crippen molar-refractivity contribution < 1.29 is 9.53 Å². The maximum absolute atomic E-state index is 13.2. The first kappa shape index (κ1) is 22.7. The highest BCUT2D eigenvalue weighted by molar-refractivity contribution is 7.22. The molecule has 3 aromatic rings. The number of likely N-dealkylation sites (N-methyl/N-ethyl adjacent to an activating group) is 1. The van der Waals surface area contributed by atoms with Gasteiger partial charge in [0, 0.05) is 18.1 Å². The van der Waals surface area contributed by atoms with Crippen molar-refractivity contribution in [3.63, 3.8) is 0 Å². The number of aromatic nitrogens is 1. The van der Waals surface area contributed by atoms with E-state index in [2.05, 4.69) is 4.98 Å². The molecule has 0 aliphatic carbocycles. The van der Waals surface area contributed by atoms with Crippen molar-refractivity contribution in [1.82, 2.24) is 9.88 Å². The number of fused-ring (bicyclic) bond motifs is 1. The molecular formula is C19H20Cl3N3O2S. The number of anilines is 1. The van der Waals surface area contributed by atoms with Crippen LogP contribution in [0.4, 0.5) is 5.13 Å². The summed E-state index contributed by atoms with van der Waals surface area (Å²) in [4.78, 5) is 21.5. The number of carbonyl (C=O) groups excluding carboxylic acids is 1. The molecule has 28 heavy (non-hydrogen) atoms. The Labute approximate surface area is 184 Å². The van der Waals surface area contributed by atoms with Crippen LogP contribution in [0.1, 0.15) is 10.4 Å². The third kappa shape index (κ3) is 5.07. The van der Waals surface area contributed by atoms with Gasteiger partial charge in [0.1, 0.15) is 5.75 Å². The lowest BCUT2D eigenvalue weighted by molar-refractivity contribution is 0.0985. The van der Waals surface area contributed by atoms with Gasteiger partial charge in [0.05, 0.1) is 27.9 Å². The second-order valence-corrected chi connectivity index (χ2v) is 8.07. The van der Waals surface area contributed by atoms with Crippen LogP contribution in [0.2, 0.25) is 10.0 Å². The zero-order valence-electron chi connectivity index (χ0n) is 15.6. The van der Waals surface area contributed by atoms with Gasteiger partial charge < -0.3 is 9.64 Å². The Morgan fingerprint density at radius 2 is 1.89 bits per heavy atom. The summed E-state index contributed by atoms with van der Waals surface area (Å²) in [6, 6.07) is 10.5. The maximum atomic E-state index is 13.2. The van der Waals surface area contributed by atoms with E-state index in [9.17, 15) is 4.79 Å². The number of hydrogen-bond donors (Lipinski definition) is 0. The number of thiazole rings is 1. The van der Waals surface area contributed by atoms with Gasteiger partial charge in [-0.05, 0) is 50.5 Å². The predicted octanol–water partition coefficient (Wildman–Crippen LogP) is 5.24. The molecular weight excluding hydrogens is 441 g/mol. The van der Waals surface area contributed by atoms with Crippen LogP contribution >= 0.6 is 46.9 Å². The van der Waals surface area contributed by atoms with E-state index in [-0.39, 0.29) is 18.3 Å². The lowest BCUT2D eigenvalue weighted by Gasteiger charge is -2.22. The Morgan fingerprint density at radius 1 is 1.14 bits per heavy atom. The van der Waals surface area contributed by atoms with E-state index in [1.807, 2.05) is 37.2 Å². The molecule has 1 amide bonds. The second-order valence-electron chi connectivity index (χ2n) is 6.21. The number of nitrogens with zero attached hydrogens (tertiary/aromatic N) is 3. The molecule has 0 N–H and O–H groups in total. The van der Waals surface area contributed by atoms with E-state index in [0.29, 0.717) is 33.8 Å². The molecule has 1 heterocycles. The van der Waals surface area contributed by atoms with Crippen molar-refractivity contribution in [2.45, 2.75) is 0 Å². The predicted molar refractivity (Wildman–Crippen MR) is 120 cm³/mol. The second kappa shape index (κ2) is 9.76. The molecule has 0 atom stereocenters. The van der Waals surface area contributed by atoms with Gasteiger partial charge in [0.15, 0.2) is 5.13 Å². The minimum absolute atomic E-state index is 0. The number of ether oxygens (including phenoxy) is 1. The van der Waals surface area contributed by atoms with Crippen LogP contribution < -0.4 is 9.64 Å². The Kier molecular flexibility index (Phi) is 7.92. The minimum Gasteiger partial charge on any atom is -0.497 e. The highest BCUT2D eigenvalue weighted by Crippen LogP contribution is 2.33. The minimum atomic E-state index is -0.204. The molecule has 1 aromatic heterocycles. The monoisotopic (exact) mass is 459 g/mol. The van der Waals surface area contributed by atoms with Crippen LogP contribution in [0.15, 0.2) is 36.4 Å². The molecule has 9 heteroatoms. The third-order valence-electron chi connectivity index (χ3n) is 3.99. The van der Waals surface area contributed by atoms with Gasteiger partial charge in [0.2, 0.25) is 0 Å². The van der Waals surface area contributed by atoms with E-state index in [4.69, 9.17) is 27.9 Å². The summed E-state index contributed by atoms with van der Waals surface area (Å²) < 4.78 is 6.23. The van der Waals surface area contributed by atoms with Crippen LogP contribution in [-0.2, 0) is 0 Å². The molecule has 3 rings (SSSR count). The van der Waals surface area contributed by atoms with Crippen molar-refractivity contribution >= 4 is 68.2 Å². The highest BCUT2D eigenvalue weighted by Gasteiger charge is 2.23. The fourth-order valence-corrected chi connectivity index (χ4v) is 4.04. The highest BCUT2D eigenvalue weighted by atomic mass is 35.5. The van der Waals surface area contributed by atoms with E-state index < -0.39 is 0 Å². The van der Waals surface area contributed by atoms with Crippen molar-refractivity contribution in [3.8, 4) is 5.75 Å². The SMILES string of the molecule is COc1ccc2nc(N(CCN(C)C)C(=O)c3ccc(Cl)cc3Cl)sc2c1.Cl. The number of methoxy groups -OCH3 is 1. The molecule has 150 valence electrons. The van der Waals surface area contributed by atoms with Gasteiger partial charge in [-0.1, -0.05) is 34.5 Å². The van der Waals surface area contributed by atoms with Gasteiger partial charge in [0.25, 0.3) is 5.91 Å². The van der Waals surface area contributed by atoms with Gasteiger partial charge in [-0.3, -0.25) is 9.69 Å². The molecule has 0 spiro atoms. The van der Waals surface area contributed by atoms with Crippen LogP contribution in [-0.4, -0.2) is 50.1 Å². The molecule has 0 aliphatic heterocycles. The van der Waals surface area contributed by atoms with E-state index >= 15 is 0 Å². The Balaban J connectivity index is 0.00000280. The molecule has 0 unspecified atom stereocenters. The molecule has 0 fully saturated rings. The van der Waals surface area contributed by atoms with Crippen LogP contribution in [0.25, 0.3) is 10.2 Å². The summed E-state index contributed by atoms with van der Waals surface area (Å²) in [6.07, 6.45) is 0. The number of rotatable bonds is 6. The van der Waals surface area contributed by atoms with Crippen LogP contribution in [0.3, 0.4) is 0 Å². The smallest absolute Gasteiger partial charge is 0.261 e. The Hall–Kier alpha value is -1.57. The van der Waals surface area contributed by atoms with Crippen molar-refractivity contribution in [1.29, 1.82) is 0 Å². The number of halogens is 3. The Morgan fingerprint density at radius 3 is 2.54 bits per heavy atom. The topological polar surface area (TPSA) is 45.7 Å². The third-order valence-corrected chi connectivity index (χ3v) is 5.58. The van der Waals surface area contributed by atoms with E-state index in [0.717, 1.165) is 16.0 Å². The molecule has 2 aromatic carbocycles. The summed E-state index contributed by atoms with van der Waals surface area (Å²) in [5.41, 5.74) is 1.22. The molecule has 0 radical (unpaired) electrons. The molecule has 0 saturated carbocycles. The zero-order chi connectivity index (χ0) is 19.6. The van der Waals surface area contributed by atoms with Crippen LogP contribution in [0, 0.1) is 0 Å². The lowest BCUT2D eigenvalue weighted by Crippen LogP contribution is -2.36. The summed E-state index contributed by atoms with van der Waals surface area (Å²) in [6.45, 7) is 1.18. The summed E-state index contributed by atoms with van der Waals surface area (Å²) in [7, 11) is 5.54. The number of amides is 1. The molecule has 0 saturated heterocycles. The number of benzene rings is 2. The average molecular weight is 461 g/mol. The quantitative estimate of drug-likeness (QED) is 0.504. The van der Waals surface area contributed by atoms with Crippen LogP contribution in [0.5, 0.6) is 5.75 Å². The first-order chi connectivity index (χ1) is 12.9. The largest absolute Gasteiger partial charge is 0.497 e. The molecule has 0 aliphatic rings. The summed E-state index contributed by atoms with van der Waals surface area (Å²) >= 11 is 13.7.